The van der Waals surface area contributed by atoms with Gasteiger partial charge in [-0.15, -0.1) is 0 Å². The van der Waals surface area contributed by atoms with E-state index < -0.39 is 0 Å². The van der Waals surface area contributed by atoms with Gasteiger partial charge in [0.1, 0.15) is 0 Å². The van der Waals surface area contributed by atoms with Crippen molar-refractivity contribution in [1.82, 2.24) is 0 Å². The fourth-order valence-corrected chi connectivity index (χ4v) is 4.62. The first kappa shape index (κ1) is 18.6. The first-order valence-electron chi connectivity index (χ1n) is 9.67. The molecule has 1 aliphatic carbocycles. The molecule has 1 heterocycles. The van der Waals surface area contributed by atoms with Crippen LogP contribution in [0, 0.1) is 11.8 Å². The Hall–Kier alpha value is -1.16. The van der Waals surface area contributed by atoms with Crippen LogP contribution in [0.25, 0.3) is 0 Å². The number of benzene rings is 1. The highest BCUT2D eigenvalue weighted by Gasteiger charge is 2.33. The zero-order valence-corrected chi connectivity index (χ0v) is 16.7. The van der Waals surface area contributed by atoms with Crippen LogP contribution in [0.5, 0.6) is 0 Å². The zero-order valence-electron chi connectivity index (χ0n) is 15.1. The fraction of sp³-hybridized carbons (Fsp3) is 0.619. The molecule has 0 saturated heterocycles. The molecule has 1 aliphatic heterocycles. The number of hydrogen-bond acceptors (Lipinski definition) is 2. The standard InChI is InChI=1S/C21H28BrNO2/c1-2-3-4-15-5-7-16(8-6-15)21(25)23-12-11-17-13-18(20(24)14-22)9-10-19(17)23/h9-10,13,15-16H,2-8,11-12,14H2,1H3. The average molecular weight is 406 g/mol. The van der Waals surface area contributed by atoms with Crippen LogP contribution in [0.4, 0.5) is 5.69 Å². The van der Waals surface area contributed by atoms with Gasteiger partial charge in [-0.25, -0.2) is 0 Å². The monoisotopic (exact) mass is 405 g/mol. The molecule has 0 atom stereocenters. The summed E-state index contributed by atoms with van der Waals surface area (Å²) < 4.78 is 0. The summed E-state index contributed by atoms with van der Waals surface area (Å²) in [7, 11) is 0. The van der Waals surface area contributed by atoms with Gasteiger partial charge in [-0.3, -0.25) is 9.59 Å². The maximum Gasteiger partial charge on any atom is 0.230 e. The van der Waals surface area contributed by atoms with Gasteiger partial charge in [0, 0.05) is 23.7 Å². The van der Waals surface area contributed by atoms with E-state index in [-0.39, 0.29) is 11.7 Å². The van der Waals surface area contributed by atoms with Gasteiger partial charge in [0.25, 0.3) is 0 Å². The Morgan fingerprint density at radius 3 is 2.64 bits per heavy atom. The minimum Gasteiger partial charge on any atom is -0.312 e. The van der Waals surface area contributed by atoms with E-state index in [2.05, 4.69) is 22.9 Å². The number of unbranched alkanes of at least 4 members (excludes halogenated alkanes) is 1. The number of anilines is 1. The van der Waals surface area contributed by atoms with Crippen LogP contribution >= 0.6 is 15.9 Å². The summed E-state index contributed by atoms with van der Waals surface area (Å²) >= 11 is 3.23. The topological polar surface area (TPSA) is 37.4 Å². The molecule has 1 aromatic rings. The molecule has 2 aliphatic rings. The molecule has 0 N–H and O–H groups in total. The molecule has 0 bridgehead atoms. The lowest BCUT2D eigenvalue weighted by Gasteiger charge is -2.30. The lowest BCUT2D eigenvalue weighted by molar-refractivity contribution is -0.123. The molecule has 3 rings (SSSR count). The highest BCUT2D eigenvalue weighted by atomic mass is 79.9. The van der Waals surface area contributed by atoms with Crippen molar-refractivity contribution in [3.05, 3.63) is 29.3 Å². The van der Waals surface area contributed by atoms with E-state index in [0.717, 1.165) is 48.5 Å². The highest BCUT2D eigenvalue weighted by Crippen LogP contribution is 2.36. The number of alkyl halides is 1. The number of halogens is 1. The number of Topliss-reactive ketones (excluding diaryl/α,β-unsaturated/α-hetero) is 1. The third-order valence-corrected chi connectivity index (χ3v) is 6.36. The second-order valence-electron chi connectivity index (χ2n) is 7.50. The van der Waals surface area contributed by atoms with Crippen molar-refractivity contribution < 1.29 is 9.59 Å². The Kier molecular flexibility index (Phi) is 6.32. The number of ketones is 1. The Morgan fingerprint density at radius 1 is 1.20 bits per heavy atom. The summed E-state index contributed by atoms with van der Waals surface area (Å²) in [5.74, 6) is 1.41. The van der Waals surface area contributed by atoms with Gasteiger partial charge in [-0.2, -0.15) is 0 Å². The fourth-order valence-electron chi connectivity index (χ4n) is 4.29. The predicted molar refractivity (Wildman–Crippen MR) is 106 cm³/mol. The van der Waals surface area contributed by atoms with Crippen LogP contribution in [0.1, 0.15) is 67.8 Å². The maximum absolute atomic E-state index is 13.0. The normalized spacial score (nSPS) is 22.7. The molecular formula is C21H28BrNO2. The van der Waals surface area contributed by atoms with Crippen LogP contribution in [0.2, 0.25) is 0 Å². The lowest BCUT2D eigenvalue weighted by Crippen LogP contribution is -2.36. The summed E-state index contributed by atoms with van der Waals surface area (Å²) in [4.78, 5) is 26.8. The van der Waals surface area contributed by atoms with E-state index in [4.69, 9.17) is 0 Å². The van der Waals surface area contributed by atoms with E-state index in [1.165, 1.54) is 32.1 Å². The Balaban J connectivity index is 1.63. The van der Waals surface area contributed by atoms with E-state index in [0.29, 0.717) is 11.2 Å². The van der Waals surface area contributed by atoms with Crippen LogP contribution in [-0.4, -0.2) is 23.6 Å². The van der Waals surface area contributed by atoms with Crippen molar-refractivity contribution in [3.63, 3.8) is 0 Å². The SMILES string of the molecule is CCCCC1CCC(C(=O)N2CCc3cc(C(=O)CBr)ccc32)CC1. The molecule has 25 heavy (non-hydrogen) atoms. The molecule has 1 amide bonds. The predicted octanol–water partition coefficient (Wildman–Crippen LogP) is 5.15. The zero-order chi connectivity index (χ0) is 17.8. The molecule has 1 saturated carbocycles. The number of carbonyl (C=O) groups is 2. The van der Waals surface area contributed by atoms with Crippen molar-refractivity contribution in [2.75, 3.05) is 16.8 Å². The Morgan fingerprint density at radius 2 is 1.96 bits per heavy atom. The van der Waals surface area contributed by atoms with Gasteiger partial charge in [0.2, 0.25) is 5.91 Å². The van der Waals surface area contributed by atoms with Crippen molar-refractivity contribution in [2.24, 2.45) is 11.8 Å². The summed E-state index contributed by atoms with van der Waals surface area (Å²) in [5.41, 5.74) is 2.89. The van der Waals surface area contributed by atoms with Crippen LogP contribution in [0.15, 0.2) is 18.2 Å². The first-order valence-corrected chi connectivity index (χ1v) is 10.8. The second kappa shape index (κ2) is 8.48. The van der Waals surface area contributed by atoms with Crippen LogP contribution in [0.3, 0.4) is 0 Å². The smallest absolute Gasteiger partial charge is 0.230 e. The molecule has 4 heteroatoms. The summed E-state index contributed by atoms with van der Waals surface area (Å²) in [6.45, 7) is 3.01. The van der Waals surface area contributed by atoms with Crippen molar-refractivity contribution >= 4 is 33.3 Å². The molecule has 1 aromatic carbocycles. The van der Waals surface area contributed by atoms with Gasteiger partial charge in [0.15, 0.2) is 5.78 Å². The Labute approximate surface area is 159 Å². The molecule has 3 nitrogen and oxygen atoms in total. The second-order valence-corrected chi connectivity index (χ2v) is 8.06. The first-order chi connectivity index (χ1) is 12.1. The summed E-state index contributed by atoms with van der Waals surface area (Å²) in [6.07, 6.45) is 9.26. The van der Waals surface area contributed by atoms with Gasteiger partial charge >= 0.3 is 0 Å². The van der Waals surface area contributed by atoms with Gasteiger partial charge in [0.05, 0.1) is 5.33 Å². The maximum atomic E-state index is 13.0. The minimum absolute atomic E-state index is 0.0954. The number of carbonyl (C=O) groups excluding carboxylic acids is 2. The number of fused-ring (bicyclic) bond motifs is 1. The van der Waals surface area contributed by atoms with E-state index in [1.807, 2.05) is 23.1 Å². The van der Waals surface area contributed by atoms with Crippen molar-refractivity contribution in [1.29, 1.82) is 0 Å². The van der Waals surface area contributed by atoms with Gasteiger partial charge in [-0.05, 0) is 61.8 Å². The number of hydrogen-bond donors (Lipinski definition) is 0. The molecule has 0 aromatic heterocycles. The number of rotatable bonds is 6. The van der Waals surface area contributed by atoms with Gasteiger partial charge < -0.3 is 4.90 Å². The largest absolute Gasteiger partial charge is 0.312 e. The molecule has 0 unspecified atom stereocenters. The minimum atomic E-state index is 0.0954. The van der Waals surface area contributed by atoms with Crippen LogP contribution < -0.4 is 4.90 Å². The lowest BCUT2D eigenvalue weighted by atomic mass is 9.79. The quantitative estimate of drug-likeness (QED) is 0.484. The molecule has 0 radical (unpaired) electrons. The number of amides is 1. The summed E-state index contributed by atoms with van der Waals surface area (Å²) in [5, 5.41) is 0.343. The molecule has 136 valence electrons. The third-order valence-electron chi connectivity index (χ3n) is 5.85. The third kappa shape index (κ3) is 4.16. The van der Waals surface area contributed by atoms with E-state index >= 15 is 0 Å². The molecule has 1 fully saturated rings. The Bertz CT molecular complexity index is 635. The van der Waals surface area contributed by atoms with Crippen LogP contribution in [-0.2, 0) is 11.2 Å². The summed E-state index contributed by atoms with van der Waals surface area (Å²) in [6, 6.07) is 5.78. The number of nitrogens with zero attached hydrogens (tertiary/aromatic N) is 1. The van der Waals surface area contributed by atoms with E-state index in [1.54, 1.807) is 0 Å². The average Bonchev–Trinajstić information content (AvgIpc) is 3.08. The molecular weight excluding hydrogens is 378 g/mol. The van der Waals surface area contributed by atoms with Crippen molar-refractivity contribution in [2.45, 2.75) is 58.3 Å². The highest BCUT2D eigenvalue weighted by molar-refractivity contribution is 9.09. The van der Waals surface area contributed by atoms with Gasteiger partial charge in [-0.1, -0.05) is 42.1 Å². The molecule has 0 spiro atoms. The van der Waals surface area contributed by atoms with E-state index in [9.17, 15) is 9.59 Å². The van der Waals surface area contributed by atoms with Crippen molar-refractivity contribution in [3.8, 4) is 0 Å².